The van der Waals surface area contributed by atoms with Gasteiger partial charge in [0.05, 0.1) is 0 Å². The third-order valence-corrected chi connectivity index (χ3v) is 1.67. The normalized spacial score (nSPS) is 13.3. The van der Waals surface area contributed by atoms with Crippen LogP contribution in [-0.2, 0) is 4.79 Å². The van der Waals surface area contributed by atoms with Crippen LogP contribution in [0.25, 0.3) is 0 Å². The summed E-state index contributed by atoms with van der Waals surface area (Å²) in [7, 11) is 1.82. The van der Waals surface area contributed by atoms with Gasteiger partial charge in [0, 0.05) is 13.1 Å². The lowest BCUT2D eigenvalue weighted by molar-refractivity contribution is -0.118. The minimum Gasteiger partial charge on any atom is -0.346 e. The Kier molecular flexibility index (Phi) is 4.08. The molecule has 0 N–H and O–H groups in total. The first kappa shape index (κ1) is 9.47. The summed E-state index contributed by atoms with van der Waals surface area (Å²) in [6, 6.07) is 0.373. The van der Waals surface area contributed by atoms with E-state index in [4.69, 9.17) is 0 Å². The van der Waals surface area contributed by atoms with Crippen molar-refractivity contribution < 1.29 is 4.79 Å². The first-order valence-electron chi connectivity index (χ1n) is 3.75. The fourth-order valence-corrected chi connectivity index (χ4v) is 0.952. The highest BCUT2D eigenvalue weighted by molar-refractivity contribution is 5.46. The van der Waals surface area contributed by atoms with Crippen LogP contribution < -0.4 is 0 Å². The van der Waals surface area contributed by atoms with Crippen LogP contribution in [0.1, 0.15) is 27.2 Å². The molecule has 0 spiro atoms. The van der Waals surface area contributed by atoms with Crippen molar-refractivity contribution in [2.45, 2.75) is 33.2 Å². The summed E-state index contributed by atoms with van der Waals surface area (Å²) in [6.45, 7) is 6.39. The molecule has 0 fully saturated rings. The maximum atomic E-state index is 10.3. The summed E-state index contributed by atoms with van der Waals surface area (Å²) >= 11 is 0. The fraction of sp³-hybridized carbons (Fsp3) is 0.875. The van der Waals surface area contributed by atoms with Gasteiger partial charge < -0.3 is 4.90 Å². The highest BCUT2D eigenvalue weighted by Crippen LogP contribution is 2.07. The number of nitrogens with zero attached hydrogens (tertiary/aromatic N) is 1. The Morgan fingerprint density at radius 1 is 1.40 bits per heavy atom. The molecule has 0 rings (SSSR count). The van der Waals surface area contributed by atoms with E-state index in [0.29, 0.717) is 12.0 Å². The molecule has 0 bridgehead atoms. The third-order valence-electron chi connectivity index (χ3n) is 1.67. The Bertz CT molecular complexity index is 101. The lowest BCUT2D eigenvalue weighted by Crippen LogP contribution is -2.28. The summed E-state index contributed by atoms with van der Waals surface area (Å²) in [4.78, 5) is 12.0. The largest absolute Gasteiger partial charge is 0.346 e. The minimum atomic E-state index is 0.373. The van der Waals surface area contributed by atoms with Crippen LogP contribution in [0.3, 0.4) is 0 Å². The molecule has 0 heterocycles. The molecule has 0 aliphatic heterocycles. The maximum Gasteiger partial charge on any atom is 0.209 e. The van der Waals surface area contributed by atoms with E-state index < -0.39 is 0 Å². The van der Waals surface area contributed by atoms with Crippen molar-refractivity contribution in [2.24, 2.45) is 5.92 Å². The van der Waals surface area contributed by atoms with E-state index in [1.54, 1.807) is 4.90 Å². The highest BCUT2D eigenvalue weighted by atomic mass is 16.1. The summed E-state index contributed by atoms with van der Waals surface area (Å²) in [5.41, 5.74) is 0. The lowest BCUT2D eigenvalue weighted by atomic mass is 10.1. The molecule has 0 aliphatic carbocycles. The average Bonchev–Trinajstić information content (AvgIpc) is 1.85. The number of rotatable bonds is 4. The summed E-state index contributed by atoms with van der Waals surface area (Å²) in [6.07, 6.45) is 1.96. The van der Waals surface area contributed by atoms with Gasteiger partial charge in [-0.05, 0) is 19.3 Å². The van der Waals surface area contributed by atoms with Crippen molar-refractivity contribution in [1.29, 1.82) is 0 Å². The van der Waals surface area contributed by atoms with E-state index in [1.807, 2.05) is 7.05 Å². The lowest BCUT2D eigenvalue weighted by Gasteiger charge is -2.21. The summed E-state index contributed by atoms with van der Waals surface area (Å²) in [5.74, 6) is 0.664. The van der Waals surface area contributed by atoms with Crippen LogP contribution >= 0.6 is 0 Å². The number of hydrogen-bond acceptors (Lipinski definition) is 1. The Morgan fingerprint density at radius 3 is 2.20 bits per heavy atom. The predicted octanol–water partition coefficient (Wildman–Crippen LogP) is 1.51. The monoisotopic (exact) mass is 143 g/mol. The highest BCUT2D eigenvalue weighted by Gasteiger charge is 2.07. The predicted molar refractivity (Wildman–Crippen MR) is 42.7 cm³/mol. The zero-order valence-electron chi connectivity index (χ0n) is 7.29. The zero-order valence-corrected chi connectivity index (χ0v) is 7.29. The van der Waals surface area contributed by atoms with Gasteiger partial charge >= 0.3 is 0 Å². The molecule has 1 atom stereocenters. The van der Waals surface area contributed by atoms with Crippen LogP contribution in [-0.4, -0.2) is 24.4 Å². The van der Waals surface area contributed by atoms with Crippen molar-refractivity contribution in [3.05, 3.63) is 0 Å². The molecule has 0 saturated heterocycles. The van der Waals surface area contributed by atoms with Crippen LogP contribution in [0.5, 0.6) is 0 Å². The second kappa shape index (κ2) is 4.31. The molecule has 1 amide bonds. The van der Waals surface area contributed by atoms with Crippen LogP contribution in [0.15, 0.2) is 0 Å². The van der Waals surface area contributed by atoms with E-state index in [1.165, 1.54) is 0 Å². The molecule has 0 saturated carbocycles. The molecular formula is C8H17NO. The standard InChI is InChI=1S/C8H17NO/c1-7(2)5-8(3)9(4)6-10/h6-8H,5H2,1-4H3. The number of carbonyl (C=O) groups is 1. The van der Waals surface area contributed by atoms with E-state index in [9.17, 15) is 4.79 Å². The first-order valence-corrected chi connectivity index (χ1v) is 3.75. The Hall–Kier alpha value is -0.530. The fourth-order valence-electron chi connectivity index (χ4n) is 0.952. The van der Waals surface area contributed by atoms with E-state index in [2.05, 4.69) is 20.8 Å². The molecule has 1 unspecified atom stereocenters. The molecule has 0 aromatic heterocycles. The van der Waals surface area contributed by atoms with Crippen molar-refractivity contribution in [3.63, 3.8) is 0 Å². The van der Waals surface area contributed by atoms with Gasteiger partial charge in [0.1, 0.15) is 0 Å². The van der Waals surface area contributed by atoms with E-state index in [-0.39, 0.29) is 0 Å². The zero-order chi connectivity index (χ0) is 8.15. The molecular weight excluding hydrogens is 126 g/mol. The van der Waals surface area contributed by atoms with Gasteiger partial charge in [-0.3, -0.25) is 4.79 Å². The van der Waals surface area contributed by atoms with Crippen LogP contribution in [0.4, 0.5) is 0 Å². The molecule has 10 heavy (non-hydrogen) atoms. The molecule has 0 aliphatic rings. The van der Waals surface area contributed by atoms with Gasteiger partial charge in [0.2, 0.25) is 6.41 Å². The number of amides is 1. The summed E-state index contributed by atoms with van der Waals surface area (Å²) < 4.78 is 0. The SMILES string of the molecule is CC(C)CC(C)N(C)C=O. The first-order chi connectivity index (χ1) is 4.57. The van der Waals surface area contributed by atoms with Crippen LogP contribution in [0, 0.1) is 5.92 Å². The van der Waals surface area contributed by atoms with Crippen molar-refractivity contribution in [2.75, 3.05) is 7.05 Å². The molecule has 2 heteroatoms. The third kappa shape index (κ3) is 3.49. The number of hydrogen-bond donors (Lipinski definition) is 0. The van der Waals surface area contributed by atoms with Crippen LogP contribution in [0.2, 0.25) is 0 Å². The second-order valence-corrected chi connectivity index (χ2v) is 3.25. The molecule has 2 nitrogen and oxygen atoms in total. The second-order valence-electron chi connectivity index (χ2n) is 3.25. The quantitative estimate of drug-likeness (QED) is 0.546. The topological polar surface area (TPSA) is 20.3 Å². The van der Waals surface area contributed by atoms with E-state index >= 15 is 0 Å². The summed E-state index contributed by atoms with van der Waals surface area (Å²) in [5, 5.41) is 0. The Labute approximate surface area is 63.2 Å². The molecule has 0 aromatic carbocycles. The molecule has 0 radical (unpaired) electrons. The molecule has 60 valence electrons. The molecule has 0 aromatic rings. The van der Waals surface area contributed by atoms with Crippen molar-refractivity contribution in [1.82, 2.24) is 4.90 Å². The smallest absolute Gasteiger partial charge is 0.209 e. The van der Waals surface area contributed by atoms with Gasteiger partial charge in [-0.15, -0.1) is 0 Å². The van der Waals surface area contributed by atoms with Crippen molar-refractivity contribution in [3.8, 4) is 0 Å². The Morgan fingerprint density at radius 2 is 1.90 bits per heavy atom. The van der Waals surface area contributed by atoms with Gasteiger partial charge in [-0.1, -0.05) is 13.8 Å². The average molecular weight is 143 g/mol. The van der Waals surface area contributed by atoms with Gasteiger partial charge in [0.25, 0.3) is 0 Å². The van der Waals surface area contributed by atoms with Gasteiger partial charge in [0.15, 0.2) is 0 Å². The van der Waals surface area contributed by atoms with Gasteiger partial charge in [-0.2, -0.15) is 0 Å². The van der Waals surface area contributed by atoms with Gasteiger partial charge in [-0.25, -0.2) is 0 Å². The maximum absolute atomic E-state index is 10.3. The Balaban J connectivity index is 3.60. The number of carbonyl (C=O) groups excluding carboxylic acids is 1. The minimum absolute atomic E-state index is 0.373. The van der Waals surface area contributed by atoms with Crippen molar-refractivity contribution >= 4 is 6.41 Å². The van der Waals surface area contributed by atoms with E-state index in [0.717, 1.165) is 12.8 Å².